The summed E-state index contributed by atoms with van der Waals surface area (Å²) in [6.07, 6.45) is 8.32. The Hall–Kier alpha value is -1.77. The van der Waals surface area contributed by atoms with E-state index in [2.05, 4.69) is 41.5 Å². The maximum Gasteiger partial charge on any atom is 0.0991 e. The van der Waals surface area contributed by atoms with Crippen LogP contribution < -0.4 is 5.32 Å². The predicted octanol–water partition coefficient (Wildman–Crippen LogP) is 3.08. The van der Waals surface area contributed by atoms with Gasteiger partial charge in [-0.1, -0.05) is 6.07 Å². The van der Waals surface area contributed by atoms with Crippen molar-refractivity contribution in [3.8, 4) is 5.69 Å². The first-order valence-corrected chi connectivity index (χ1v) is 6.18. The number of imidazole rings is 1. The fourth-order valence-corrected chi connectivity index (χ4v) is 2.15. The van der Waals surface area contributed by atoms with Crippen molar-refractivity contribution in [2.45, 2.75) is 25.8 Å². The zero-order chi connectivity index (χ0) is 11.7. The Labute approximate surface area is 101 Å². The van der Waals surface area contributed by atoms with Crippen molar-refractivity contribution in [2.75, 3.05) is 5.32 Å². The summed E-state index contributed by atoms with van der Waals surface area (Å²) in [7, 11) is 0. The van der Waals surface area contributed by atoms with Gasteiger partial charge in [-0.3, -0.25) is 0 Å². The molecule has 1 atom stereocenters. The highest BCUT2D eigenvalue weighted by molar-refractivity contribution is 5.51. The number of nitrogens with zero attached hydrogens (tertiary/aromatic N) is 2. The Bertz CT molecular complexity index is 486. The molecule has 0 amide bonds. The fraction of sp³-hybridized carbons (Fsp3) is 0.357. The molecule has 2 aromatic rings. The van der Waals surface area contributed by atoms with E-state index >= 15 is 0 Å². The van der Waals surface area contributed by atoms with Crippen molar-refractivity contribution >= 4 is 5.69 Å². The minimum atomic E-state index is 0.577. The third kappa shape index (κ3) is 2.33. The Morgan fingerprint density at radius 1 is 1.41 bits per heavy atom. The van der Waals surface area contributed by atoms with E-state index in [0.717, 1.165) is 11.6 Å². The molecular formula is C14H17N3. The molecule has 1 aliphatic carbocycles. The van der Waals surface area contributed by atoms with E-state index in [4.69, 9.17) is 0 Å². The first-order valence-electron chi connectivity index (χ1n) is 6.18. The standard InChI is InChI=1S/C14H17N3/c1-11(12-5-6-12)16-13-3-2-4-14(9-13)17-8-7-15-10-17/h2-4,7-12,16H,5-6H2,1H3. The quantitative estimate of drug-likeness (QED) is 0.870. The van der Waals surface area contributed by atoms with Crippen LogP contribution in [0.2, 0.25) is 0 Å². The minimum absolute atomic E-state index is 0.577. The van der Waals surface area contributed by atoms with E-state index < -0.39 is 0 Å². The molecule has 3 nitrogen and oxygen atoms in total. The lowest BCUT2D eigenvalue weighted by Crippen LogP contribution is -2.17. The second kappa shape index (κ2) is 4.24. The van der Waals surface area contributed by atoms with Crippen LogP contribution in [0.3, 0.4) is 0 Å². The summed E-state index contributed by atoms with van der Waals surface area (Å²) >= 11 is 0. The molecule has 17 heavy (non-hydrogen) atoms. The van der Waals surface area contributed by atoms with Gasteiger partial charge in [0.15, 0.2) is 0 Å². The predicted molar refractivity (Wildman–Crippen MR) is 69.4 cm³/mol. The number of hydrogen-bond acceptors (Lipinski definition) is 2. The van der Waals surface area contributed by atoms with Crippen molar-refractivity contribution in [1.82, 2.24) is 9.55 Å². The van der Waals surface area contributed by atoms with Gasteiger partial charge in [0.05, 0.1) is 6.33 Å². The molecule has 1 aromatic carbocycles. The second-order valence-electron chi connectivity index (χ2n) is 4.79. The Kier molecular flexibility index (Phi) is 2.59. The first kappa shape index (κ1) is 10.4. The molecule has 1 heterocycles. The highest BCUT2D eigenvalue weighted by atomic mass is 15.0. The normalized spacial score (nSPS) is 16.8. The lowest BCUT2D eigenvalue weighted by molar-refractivity contribution is 0.694. The van der Waals surface area contributed by atoms with Crippen molar-refractivity contribution in [2.24, 2.45) is 5.92 Å². The Morgan fingerprint density at radius 3 is 3.00 bits per heavy atom. The minimum Gasteiger partial charge on any atom is -0.382 e. The van der Waals surface area contributed by atoms with Crippen LogP contribution in [0.25, 0.3) is 5.69 Å². The average molecular weight is 227 g/mol. The van der Waals surface area contributed by atoms with Crippen LogP contribution in [0.4, 0.5) is 5.69 Å². The van der Waals surface area contributed by atoms with Crippen LogP contribution >= 0.6 is 0 Å². The number of aromatic nitrogens is 2. The molecule has 0 aliphatic heterocycles. The van der Waals surface area contributed by atoms with E-state index in [0.29, 0.717) is 6.04 Å². The Morgan fingerprint density at radius 2 is 2.29 bits per heavy atom. The van der Waals surface area contributed by atoms with Gasteiger partial charge in [0.25, 0.3) is 0 Å². The van der Waals surface area contributed by atoms with Gasteiger partial charge in [-0.2, -0.15) is 0 Å². The van der Waals surface area contributed by atoms with Crippen molar-refractivity contribution in [3.05, 3.63) is 43.0 Å². The Balaban J connectivity index is 1.79. The maximum atomic E-state index is 4.07. The smallest absolute Gasteiger partial charge is 0.0991 e. The zero-order valence-corrected chi connectivity index (χ0v) is 10.0. The molecule has 1 fully saturated rings. The van der Waals surface area contributed by atoms with Crippen LogP contribution in [0.15, 0.2) is 43.0 Å². The van der Waals surface area contributed by atoms with Crippen LogP contribution in [0.5, 0.6) is 0 Å². The molecular weight excluding hydrogens is 210 g/mol. The SMILES string of the molecule is CC(Nc1cccc(-n2ccnc2)c1)C1CC1. The van der Waals surface area contributed by atoms with Gasteiger partial charge >= 0.3 is 0 Å². The number of rotatable bonds is 4. The molecule has 88 valence electrons. The first-order chi connectivity index (χ1) is 8.33. The van der Waals surface area contributed by atoms with E-state index in [9.17, 15) is 0 Å². The lowest BCUT2D eigenvalue weighted by atomic mass is 10.2. The molecule has 1 saturated carbocycles. The van der Waals surface area contributed by atoms with Gasteiger partial charge in [-0.25, -0.2) is 4.98 Å². The number of hydrogen-bond donors (Lipinski definition) is 1. The molecule has 0 spiro atoms. The van der Waals surface area contributed by atoms with E-state index in [-0.39, 0.29) is 0 Å². The highest BCUT2D eigenvalue weighted by Gasteiger charge is 2.27. The molecule has 3 heteroatoms. The summed E-state index contributed by atoms with van der Waals surface area (Å²) in [5.41, 5.74) is 2.34. The van der Waals surface area contributed by atoms with Gasteiger partial charge < -0.3 is 9.88 Å². The van der Waals surface area contributed by atoms with Gasteiger partial charge in [-0.15, -0.1) is 0 Å². The largest absolute Gasteiger partial charge is 0.382 e. The summed E-state index contributed by atoms with van der Waals surface area (Å²) in [6.45, 7) is 2.27. The van der Waals surface area contributed by atoms with Crippen LogP contribution in [-0.2, 0) is 0 Å². The topological polar surface area (TPSA) is 29.9 Å². The molecule has 1 aromatic heterocycles. The van der Waals surface area contributed by atoms with Gasteiger partial charge in [0, 0.05) is 29.8 Å². The molecule has 1 aliphatic rings. The molecule has 0 radical (unpaired) electrons. The average Bonchev–Trinajstić information content (AvgIpc) is 3.05. The van der Waals surface area contributed by atoms with E-state index in [1.807, 2.05) is 17.1 Å². The summed E-state index contributed by atoms with van der Waals surface area (Å²) < 4.78 is 2.02. The summed E-state index contributed by atoms with van der Waals surface area (Å²) in [5, 5.41) is 3.57. The highest BCUT2D eigenvalue weighted by Crippen LogP contribution is 2.34. The third-order valence-electron chi connectivity index (χ3n) is 3.37. The summed E-state index contributed by atoms with van der Waals surface area (Å²) in [5.74, 6) is 0.868. The van der Waals surface area contributed by atoms with Crippen LogP contribution in [0, 0.1) is 5.92 Å². The summed E-state index contributed by atoms with van der Waals surface area (Å²) in [4.78, 5) is 4.07. The number of anilines is 1. The summed E-state index contributed by atoms with van der Waals surface area (Å²) in [6, 6.07) is 9.04. The van der Waals surface area contributed by atoms with Gasteiger partial charge in [0.1, 0.15) is 0 Å². The van der Waals surface area contributed by atoms with E-state index in [1.54, 1.807) is 6.20 Å². The second-order valence-corrected chi connectivity index (χ2v) is 4.79. The monoisotopic (exact) mass is 227 g/mol. The fourth-order valence-electron chi connectivity index (χ4n) is 2.15. The molecule has 1 unspecified atom stereocenters. The molecule has 1 N–H and O–H groups in total. The lowest BCUT2D eigenvalue weighted by Gasteiger charge is -2.15. The third-order valence-corrected chi connectivity index (χ3v) is 3.37. The van der Waals surface area contributed by atoms with Crippen LogP contribution in [-0.4, -0.2) is 15.6 Å². The molecule has 3 rings (SSSR count). The molecule has 0 bridgehead atoms. The maximum absolute atomic E-state index is 4.07. The van der Waals surface area contributed by atoms with Crippen molar-refractivity contribution < 1.29 is 0 Å². The van der Waals surface area contributed by atoms with Crippen LogP contribution in [0.1, 0.15) is 19.8 Å². The van der Waals surface area contributed by atoms with Gasteiger partial charge in [-0.05, 0) is 43.9 Å². The zero-order valence-electron chi connectivity index (χ0n) is 10.0. The number of benzene rings is 1. The van der Waals surface area contributed by atoms with E-state index in [1.165, 1.54) is 18.5 Å². The van der Waals surface area contributed by atoms with Crippen molar-refractivity contribution in [1.29, 1.82) is 0 Å². The van der Waals surface area contributed by atoms with Crippen molar-refractivity contribution in [3.63, 3.8) is 0 Å². The van der Waals surface area contributed by atoms with Gasteiger partial charge in [0.2, 0.25) is 0 Å². The molecule has 0 saturated heterocycles. The number of nitrogens with one attached hydrogen (secondary N) is 1.